The van der Waals surface area contributed by atoms with Crippen molar-refractivity contribution >= 4 is 35.2 Å². The Hall–Kier alpha value is -3.13. The maximum absolute atomic E-state index is 13.0. The summed E-state index contributed by atoms with van der Waals surface area (Å²) >= 11 is 5.93. The normalized spacial score (nSPS) is 14.2. The second-order valence-electron chi connectivity index (χ2n) is 8.77. The summed E-state index contributed by atoms with van der Waals surface area (Å²) in [5, 5.41) is 0. The minimum atomic E-state index is -0.917. The molecule has 1 unspecified atom stereocenters. The lowest BCUT2D eigenvalue weighted by Gasteiger charge is -2.25. The third kappa shape index (κ3) is 5.37. The number of nitrogen functional groups attached to an aromatic ring is 1. The highest BCUT2D eigenvalue weighted by Crippen LogP contribution is 2.31. The van der Waals surface area contributed by atoms with E-state index in [4.69, 9.17) is 27.8 Å². The molecular weight excluding hydrogens is 432 g/mol. The Morgan fingerprint density at radius 2 is 1.97 bits per heavy atom. The Bertz CT molecular complexity index is 1060. The van der Waals surface area contributed by atoms with Gasteiger partial charge in [-0.1, -0.05) is 6.07 Å². The number of halogens is 1. The van der Waals surface area contributed by atoms with Gasteiger partial charge >= 0.3 is 5.97 Å². The highest BCUT2D eigenvalue weighted by molar-refractivity contribution is 6.17. The number of alkyl halides is 1. The van der Waals surface area contributed by atoms with Crippen LogP contribution in [0.4, 0.5) is 5.82 Å². The van der Waals surface area contributed by atoms with Crippen LogP contribution < -0.4 is 11.5 Å². The molecule has 32 heavy (non-hydrogen) atoms. The Labute approximate surface area is 191 Å². The van der Waals surface area contributed by atoms with Gasteiger partial charge in [0, 0.05) is 30.0 Å². The third-order valence-corrected chi connectivity index (χ3v) is 5.35. The van der Waals surface area contributed by atoms with E-state index in [0.717, 1.165) is 16.7 Å². The van der Waals surface area contributed by atoms with Gasteiger partial charge in [0.15, 0.2) is 0 Å². The number of rotatable bonds is 7. The highest BCUT2D eigenvalue weighted by Gasteiger charge is 2.36. The zero-order valence-electron chi connectivity index (χ0n) is 18.4. The predicted molar refractivity (Wildman–Crippen MR) is 122 cm³/mol. The molecule has 2 amide bonds. The molecule has 8 nitrogen and oxygen atoms in total. The second-order valence-corrected chi connectivity index (χ2v) is 9.03. The van der Waals surface area contributed by atoms with Crippen LogP contribution in [0, 0.1) is 0 Å². The summed E-state index contributed by atoms with van der Waals surface area (Å²) in [6, 6.07) is 7.95. The van der Waals surface area contributed by atoms with Gasteiger partial charge in [-0.25, -0.2) is 4.98 Å². The average Bonchev–Trinajstić information content (AvgIpc) is 3.01. The van der Waals surface area contributed by atoms with E-state index in [0.29, 0.717) is 23.0 Å². The van der Waals surface area contributed by atoms with Gasteiger partial charge in [-0.2, -0.15) is 0 Å². The summed E-state index contributed by atoms with van der Waals surface area (Å²) in [6.45, 7) is 5.49. The first kappa shape index (κ1) is 23.5. The Kier molecular flexibility index (Phi) is 6.74. The van der Waals surface area contributed by atoms with Crippen LogP contribution >= 0.6 is 11.6 Å². The summed E-state index contributed by atoms with van der Waals surface area (Å²) in [4.78, 5) is 42.9. The van der Waals surface area contributed by atoms with Gasteiger partial charge in [0.05, 0.1) is 5.69 Å². The van der Waals surface area contributed by atoms with Crippen LogP contribution in [0.25, 0.3) is 11.3 Å². The van der Waals surface area contributed by atoms with E-state index >= 15 is 0 Å². The van der Waals surface area contributed by atoms with Crippen molar-refractivity contribution in [3.8, 4) is 11.3 Å². The minimum absolute atomic E-state index is 0.0231. The van der Waals surface area contributed by atoms with Crippen LogP contribution in [-0.4, -0.2) is 39.3 Å². The molecule has 0 saturated carbocycles. The molecule has 0 bridgehead atoms. The fourth-order valence-electron chi connectivity index (χ4n) is 3.69. The number of anilines is 1. The summed E-state index contributed by atoms with van der Waals surface area (Å²) in [5.74, 6) is -0.763. The fourth-order valence-corrected chi connectivity index (χ4v) is 3.84. The van der Waals surface area contributed by atoms with E-state index in [1.807, 2.05) is 12.1 Å². The molecule has 3 rings (SSSR count). The van der Waals surface area contributed by atoms with Gasteiger partial charge in [0.2, 0.25) is 5.91 Å². The minimum Gasteiger partial charge on any atom is -0.460 e. The molecule has 0 aliphatic carbocycles. The van der Waals surface area contributed by atoms with Crippen LogP contribution in [0.3, 0.4) is 0 Å². The number of nitrogens with zero attached hydrogens (tertiary/aromatic N) is 2. The van der Waals surface area contributed by atoms with Crippen molar-refractivity contribution in [2.45, 2.75) is 57.7 Å². The smallest absolute Gasteiger partial charge is 0.306 e. The number of aromatic nitrogens is 1. The SMILES string of the molecule is CC(C)(C)OC(=O)CCC(C(N)=O)N1Cc2cc(-c3cc(CCl)cc(N)n3)ccc2C1=O. The van der Waals surface area contributed by atoms with Crippen LogP contribution in [0.2, 0.25) is 0 Å². The quantitative estimate of drug-likeness (QED) is 0.484. The number of nitrogens with two attached hydrogens (primary N) is 2. The van der Waals surface area contributed by atoms with Crippen LogP contribution in [-0.2, 0) is 26.8 Å². The summed E-state index contributed by atoms with van der Waals surface area (Å²) in [7, 11) is 0. The maximum atomic E-state index is 13.0. The van der Waals surface area contributed by atoms with E-state index in [2.05, 4.69) is 4.98 Å². The first-order valence-corrected chi connectivity index (χ1v) is 10.8. The molecule has 0 fully saturated rings. The van der Waals surface area contributed by atoms with Crippen molar-refractivity contribution in [3.63, 3.8) is 0 Å². The van der Waals surface area contributed by atoms with E-state index in [9.17, 15) is 14.4 Å². The number of fused-ring (bicyclic) bond motifs is 1. The Morgan fingerprint density at radius 3 is 2.59 bits per heavy atom. The number of carbonyl (C=O) groups excluding carboxylic acids is 3. The molecule has 170 valence electrons. The summed E-state index contributed by atoms with van der Waals surface area (Å²) in [5.41, 5.74) is 14.3. The number of primary amides is 1. The van der Waals surface area contributed by atoms with Crippen molar-refractivity contribution in [1.82, 2.24) is 9.88 Å². The number of amides is 2. The molecule has 0 radical (unpaired) electrons. The zero-order valence-corrected chi connectivity index (χ0v) is 19.1. The van der Waals surface area contributed by atoms with Crippen molar-refractivity contribution in [1.29, 1.82) is 0 Å². The number of benzene rings is 1. The number of carbonyl (C=O) groups is 3. The van der Waals surface area contributed by atoms with Gasteiger partial charge in [0.25, 0.3) is 5.91 Å². The van der Waals surface area contributed by atoms with E-state index in [-0.39, 0.29) is 25.3 Å². The van der Waals surface area contributed by atoms with E-state index < -0.39 is 23.5 Å². The first-order chi connectivity index (χ1) is 15.0. The first-order valence-electron chi connectivity index (χ1n) is 10.3. The molecule has 9 heteroatoms. The fraction of sp³-hybridized carbons (Fsp3) is 0.391. The molecule has 1 aromatic heterocycles. The number of ether oxygens (including phenoxy) is 1. The van der Waals surface area contributed by atoms with Crippen molar-refractivity contribution < 1.29 is 19.1 Å². The molecule has 4 N–H and O–H groups in total. The number of pyridine rings is 1. The number of esters is 1. The molecule has 0 spiro atoms. The second kappa shape index (κ2) is 9.16. The summed E-state index contributed by atoms with van der Waals surface area (Å²) in [6.07, 6.45) is 0.0668. The van der Waals surface area contributed by atoms with Crippen molar-refractivity contribution in [2.75, 3.05) is 5.73 Å². The Morgan fingerprint density at radius 1 is 1.25 bits per heavy atom. The highest BCUT2D eigenvalue weighted by atomic mass is 35.5. The molecule has 0 saturated heterocycles. The lowest BCUT2D eigenvalue weighted by Crippen LogP contribution is -2.45. The average molecular weight is 459 g/mol. The monoisotopic (exact) mass is 458 g/mol. The molecule has 1 aliphatic rings. The van der Waals surface area contributed by atoms with Gasteiger partial charge in [-0.3, -0.25) is 14.4 Å². The van der Waals surface area contributed by atoms with Gasteiger partial charge < -0.3 is 21.1 Å². The zero-order chi connectivity index (χ0) is 23.6. The van der Waals surface area contributed by atoms with E-state index in [1.54, 1.807) is 39.0 Å². The number of hydrogen-bond acceptors (Lipinski definition) is 6. The number of hydrogen-bond donors (Lipinski definition) is 2. The maximum Gasteiger partial charge on any atom is 0.306 e. The van der Waals surface area contributed by atoms with Crippen LogP contribution in [0.5, 0.6) is 0 Å². The standard InChI is InChI=1S/C23H27ClN4O4/c1-23(2,3)32-20(29)7-6-18(21(26)30)28-12-15-10-14(4-5-16(15)22(28)31)17-8-13(11-24)9-19(25)27-17/h4-5,8-10,18H,6-7,11-12H2,1-3H3,(H2,25,27)(H2,26,30). The van der Waals surface area contributed by atoms with Gasteiger partial charge in [-0.15, -0.1) is 11.6 Å². The lowest BCUT2D eigenvalue weighted by molar-refractivity contribution is -0.155. The lowest BCUT2D eigenvalue weighted by atomic mass is 10.0. The molecule has 1 aliphatic heterocycles. The van der Waals surface area contributed by atoms with Crippen molar-refractivity contribution in [2.24, 2.45) is 5.73 Å². The van der Waals surface area contributed by atoms with Crippen LogP contribution in [0.1, 0.15) is 55.1 Å². The molecular formula is C23H27ClN4O4. The molecule has 1 aromatic carbocycles. The largest absolute Gasteiger partial charge is 0.460 e. The molecule has 2 heterocycles. The van der Waals surface area contributed by atoms with Crippen LogP contribution in [0.15, 0.2) is 30.3 Å². The third-order valence-electron chi connectivity index (χ3n) is 5.04. The summed E-state index contributed by atoms with van der Waals surface area (Å²) < 4.78 is 5.29. The molecule has 1 atom stereocenters. The molecule has 2 aromatic rings. The topological polar surface area (TPSA) is 129 Å². The van der Waals surface area contributed by atoms with Gasteiger partial charge in [-0.05, 0) is 62.6 Å². The van der Waals surface area contributed by atoms with E-state index in [1.165, 1.54) is 4.90 Å². The van der Waals surface area contributed by atoms with Gasteiger partial charge in [0.1, 0.15) is 17.5 Å². The Balaban J connectivity index is 1.80. The predicted octanol–water partition coefficient (Wildman–Crippen LogP) is 3.00. The van der Waals surface area contributed by atoms with Crippen molar-refractivity contribution in [3.05, 3.63) is 47.0 Å².